The summed E-state index contributed by atoms with van der Waals surface area (Å²) >= 11 is 7.52. The maximum atomic E-state index is 13.1. The second kappa shape index (κ2) is 9.03. The van der Waals surface area contributed by atoms with Gasteiger partial charge in [0.1, 0.15) is 5.82 Å². The first-order valence-corrected chi connectivity index (χ1v) is 10.7. The summed E-state index contributed by atoms with van der Waals surface area (Å²) in [6.45, 7) is 3.24. The van der Waals surface area contributed by atoms with Crippen LogP contribution in [0.2, 0.25) is 5.02 Å². The number of halogens is 2. The SMILES string of the molecule is O=C(NCc1cnc(C2CCN(Cc3ccc(F)cc3)C2)s1)c1ccc(Cl)cc1. The minimum absolute atomic E-state index is 0.122. The predicted molar refractivity (Wildman–Crippen MR) is 114 cm³/mol. The topological polar surface area (TPSA) is 45.2 Å². The quantitative estimate of drug-likeness (QED) is 0.609. The van der Waals surface area contributed by atoms with Gasteiger partial charge in [-0.1, -0.05) is 23.7 Å². The summed E-state index contributed by atoms with van der Waals surface area (Å²) in [4.78, 5) is 20.2. The Kier molecular flexibility index (Phi) is 6.23. The average molecular weight is 430 g/mol. The molecule has 1 unspecified atom stereocenters. The zero-order valence-corrected chi connectivity index (χ0v) is 17.3. The minimum Gasteiger partial charge on any atom is -0.347 e. The molecular formula is C22H21ClFN3OS. The molecule has 0 bridgehead atoms. The highest BCUT2D eigenvalue weighted by Crippen LogP contribution is 2.31. The Morgan fingerprint density at radius 1 is 1.21 bits per heavy atom. The molecule has 1 fully saturated rings. The highest BCUT2D eigenvalue weighted by molar-refractivity contribution is 7.11. The van der Waals surface area contributed by atoms with E-state index in [1.807, 2.05) is 18.3 Å². The van der Waals surface area contributed by atoms with Gasteiger partial charge in [-0.2, -0.15) is 0 Å². The normalized spacial score (nSPS) is 16.8. The third-order valence-electron chi connectivity index (χ3n) is 5.04. The van der Waals surface area contributed by atoms with Crippen LogP contribution < -0.4 is 5.32 Å². The van der Waals surface area contributed by atoms with Crippen molar-refractivity contribution in [1.29, 1.82) is 0 Å². The molecule has 1 N–H and O–H groups in total. The van der Waals surface area contributed by atoms with Gasteiger partial charge in [0.05, 0.1) is 11.6 Å². The van der Waals surface area contributed by atoms with Gasteiger partial charge in [0, 0.05) is 40.7 Å². The summed E-state index contributed by atoms with van der Waals surface area (Å²) in [6, 6.07) is 13.5. The molecule has 3 aromatic rings. The van der Waals surface area contributed by atoms with Gasteiger partial charge >= 0.3 is 0 Å². The largest absolute Gasteiger partial charge is 0.347 e. The molecule has 0 radical (unpaired) electrons. The second-order valence-electron chi connectivity index (χ2n) is 7.20. The number of thiazole rings is 1. The second-order valence-corrected chi connectivity index (χ2v) is 8.78. The molecule has 4 nitrogen and oxygen atoms in total. The van der Waals surface area contributed by atoms with Crippen molar-refractivity contribution in [3.8, 4) is 0 Å². The van der Waals surface area contributed by atoms with Crippen LogP contribution in [0.4, 0.5) is 4.39 Å². The Balaban J connectivity index is 1.29. The van der Waals surface area contributed by atoms with E-state index in [-0.39, 0.29) is 11.7 Å². The molecule has 1 atom stereocenters. The van der Waals surface area contributed by atoms with Crippen molar-refractivity contribution in [3.05, 3.63) is 86.6 Å². The van der Waals surface area contributed by atoms with Gasteiger partial charge in [0.2, 0.25) is 0 Å². The van der Waals surface area contributed by atoms with Crippen molar-refractivity contribution in [2.24, 2.45) is 0 Å². The van der Waals surface area contributed by atoms with Crippen molar-refractivity contribution < 1.29 is 9.18 Å². The van der Waals surface area contributed by atoms with Gasteiger partial charge in [0.15, 0.2) is 0 Å². The number of aromatic nitrogens is 1. The van der Waals surface area contributed by atoms with E-state index in [4.69, 9.17) is 11.6 Å². The van der Waals surface area contributed by atoms with Crippen LogP contribution in [-0.2, 0) is 13.1 Å². The summed E-state index contributed by atoms with van der Waals surface area (Å²) in [5, 5.41) is 4.66. The lowest BCUT2D eigenvalue weighted by atomic mass is 10.1. The van der Waals surface area contributed by atoms with Crippen LogP contribution in [0.5, 0.6) is 0 Å². The van der Waals surface area contributed by atoms with Crippen molar-refractivity contribution in [2.45, 2.75) is 25.4 Å². The molecular weight excluding hydrogens is 409 g/mol. The predicted octanol–water partition coefficient (Wildman–Crippen LogP) is 4.86. The standard InChI is InChI=1S/C22H21ClFN3OS/c23-18-5-3-16(4-6-18)21(28)25-11-20-12-26-22(29-20)17-9-10-27(14-17)13-15-1-7-19(24)8-2-15/h1-8,12,17H,9-11,13-14H2,(H,25,28). The Bertz CT molecular complexity index is 974. The number of carbonyl (C=O) groups is 1. The van der Waals surface area contributed by atoms with E-state index in [2.05, 4.69) is 15.2 Å². The van der Waals surface area contributed by atoms with E-state index in [0.29, 0.717) is 23.0 Å². The Hall–Kier alpha value is -2.28. The summed E-state index contributed by atoms with van der Waals surface area (Å²) in [6.07, 6.45) is 2.91. The van der Waals surface area contributed by atoms with E-state index in [9.17, 15) is 9.18 Å². The highest BCUT2D eigenvalue weighted by atomic mass is 35.5. The fourth-order valence-corrected chi connectivity index (χ4v) is 4.60. The van der Waals surface area contributed by atoms with E-state index in [0.717, 1.165) is 41.5 Å². The lowest BCUT2D eigenvalue weighted by Gasteiger charge is -2.15. The van der Waals surface area contributed by atoms with Gasteiger partial charge in [0.25, 0.3) is 5.91 Å². The number of benzene rings is 2. The molecule has 1 amide bonds. The minimum atomic E-state index is -0.202. The summed E-state index contributed by atoms with van der Waals surface area (Å²) < 4.78 is 13.1. The fourth-order valence-electron chi connectivity index (χ4n) is 3.49. The van der Waals surface area contributed by atoms with Crippen LogP contribution in [0.25, 0.3) is 0 Å². The third kappa shape index (κ3) is 5.21. The molecule has 1 aromatic heterocycles. The molecule has 0 spiro atoms. The van der Waals surface area contributed by atoms with Gasteiger partial charge in [-0.05, 0) is 54.9 Å². The lowest BCUT2D eigenvalue weighted by Crippen LogP contribution is -2.22. The van der Waals surface area contributed by atoms with Crippen molar-refractivity contribution in [2.75, 3.05) is 13.1 Å². The molecule has 150 valence electrons. The number of carbonyl (C=O) groups excluding carboxylic acids is 1. The van der Waals surface area contributed by atoms with Crippen molar-refractivity contribution in [3.63, 3.8) is 0 Å². The molecule has 1 aliphatic heterocycles. The van der Waals surface area contributed by atoms with E-state index >= 15 is 0 Å². The number of rotatable bonds is 6. The van der Waals surface area contributed by atoms with Gasteiger partial charge < -0.3 is 5.32 Å². The number of likely N-dealkylation sites (tertiary alicyclic amines) is 1. The lowest BCUT2D eigenvalue weighted by molar-refractivity contribution is 0.0951. The molecule has 4 rings (SSSR count). The van der Waals surface area contributed by atoms with E-state index in [1.165, 1.54) is 12.1 Å². The maximum absolute atomic E-state index is 13.1. The molecule has 2 heterocycles. The van der Waals surface area contributed by atoms with Crippen LogP contribution in [0.15, 0.2) is 54.7 Å². The first-order valence-electron chi connectivity index (χ1n) is 9.52. The molecule has 2 aromatic carbocycles. The number of nitrogens with one attached hydrogen (secondary N) is 1. The number of hydrogen-bond acceptors (Lipinski definition) is 4. The molecule has 1 aliphatic rings. The van der Waals surface area contributed by atoms with E-state index in [1.54, 1.807) is 35.6 Å². The monoisotopic (exact) mass is 429 g/mol. The Morgan fingerprint density at radius 2 is 1.97 bits per heavy atom. The zero-order chi connectivity index (χ0) is 20.2. The summed E-state index contributed by atoms with van der Waals surface area (Å²) in [5.41, 5.74) is 1.71. The molecule has 0 aliphatic carbocycles. The zero-order valence-electron chi connectivity index (χ0n) is 15.8. The Labute approximate surface area is 178 Å². The van der Waals surface area contributed by atoms with Crippen molar-refractivity contribution >= 4 is 28.8 Å². The third-order valence-corrected chi connectivity index (χ3v) is 6.45. The summed E-state index contributed by atoms with van der Waals surface area (Å²) in [5.74, 6) is 0.0793. The number of amides is 1. The summed E-state index contributed by atoms with van der Waals surface area (Å²) in [7, 11) is 0. The van der Waals surface area contributed by atoms with Gasteiger partial charge in [-0.15, -0.1) is 11.3 Å². The first-order chi connectivity index (χ1) is 14.1. The van der Waals surface area contributed by atoms with Crippen LogP contribution in [-0.4, -0.2) is 28.9 Å². The average Bonchev–Trinajstić information content (AvgIpc) is 3.38. The van der Waals surface area contributed by atoms with Gasteiger partial charge in [-0.3, -0.25) is 9.69 Å². The van der Waals surface area contributed by atoms with Gasteiger partial charge in [-0.25, -0.2) is 9.37 Å². The fraction of sp³-hybridized carbons (Fsp3) is 0.273. The highest BCUT2D eigenvalue weighted by Gasteiger charge is 2.26. The first kappa shape index (κ1) is 20.0. The van der Waals surface area contributed by atoms with Crippen molar-refractivity contribution in [1.82, 2.24) is 15.2 Å². The maximum Gasteiger partial charge on any atom is 0.251 e. The van der Waals surface area contributed by atoms with Crippen LogP contribution in [0.3, 0.4) is 0 Å². The number of hydrogen-bond donors (Lipinski definition) is 1. The smallest absolute Gasteiger partial charge is 0.251 e. The van der Waals surface area contributed by atoms with E-state index < -0.39 is 0 Å². The molecule has 29 heavy (non-hydrogen) atoms. The molecule has 7 heteroatoms. The number of nitrogens with zero attached hydrogens (tertiary/aromatic N) is 2. The van der Waals surface area contributed by atoms with Crippen LogP contribution in [0.1, 0.15) is 38.1 Å². The molecule has 0 saturated carbocycles. The van der Waals surface area contributed by atoms with Crippen LogP contribution in [0, 0.1) is 5.82 Å². The molecule has 1 saturated heterocycles. The Morgan fingerprint density at radius 3 is 2.72 bits per heavy atom. The van der Waals surface area contributed by atoms with Crippen LogP contribution >= 0.6 is 22.9 Å².